The highest BCUT2D eigenvalue weighted by Gasteiger charge is 2.17. The molecule has 0 atom stereocenters. The fraction of sp³-hybridized carbons (Fsp3) is 0.222. The van der Waals surface area contributed by atoms with Crippen molar-refractivity contribution in [2.45, 2.75) is 11.7 Å². The van der Waals surface area contributed by atoms with Crippen molar-refractivity contribution >= 4 is 11.8 Å². The van der Waals surface area contributed by atoms with Gasteiger partial charge in [0.05, 0.1) is 11.3 Å². The monoisotopic (exact) mass is 220 g/mol. The molecule has 1 aliphatic heterocycles. The van der Waals surface area contributed by atoms with Crippen LogP contribution in [0.3, 0.4) is 0 Å². The maximum Gasteiger partial charge on any atom is 0.263 e. The van der Waals surface area contributed by atoms with E-state index in [4.69, 9.17) is 0 Å². The van der Waals surface area contributed by atoms with E-state index in [1.807, 2.05) is 0 Å². The van der Waals surface area contributed by atoms with Crippen molar-refractivity contribution in [1.29, 1.82) is 0 Å². The molecule has 76 valence electrons. The van der Waals surface area contributed by atoms with Crippen LogP contribution in [-0.4, -0.2) is 25.5 Å². The van der Waals surface area contributed by atoms with E-state index in [1.54, 1.807) is 34.8 Å². The normalized spacial score (nSPS) is 14.1. The summed E-state index contributed by atoms with van der Waals surface area (Å²) in [5, 5.41) is 7.41. The molecule has 2 aromatic heterocycles. The third-order valence-corrected chi connectivity index (χ3v) is 3.32. The molecule has 0 radical (unpaired) electrons. The molecule has 0 aromatic carbocycles. The third kappa shape index (κ3) is 1.29. The molecule has 0 saturated heterocycles. The first-order valence-corrected chi connectivity index (χ1v) is 5.57. The molecule has 1 aliphatic rings. The standard InChI is InChI=1S/C9H8N4OS/c14-8-6(7-1-2-11-12-7)5-10-9-13(8)3-4-15-9/h1-2,5H,3-4H2,(H,11,12). The van der Waals surface area contributed by atoms with Gasteiger partial charge < -0.3 is 0 Å². The lowest BCUT2D eigenvalue weighted by Gasteiger charge is -2.02. The number of rotatable bonds is 1. The minimum atomic E-state index is 0.00856. The molecule has 0 amide bonds. The second-order valence-corrected chi connectivity index (χ2v) is 4.29. The highest BCUT2D eigenvalue weighted by atomic mass is 32.2. The number of nitrogens with one attached hydrogen (secondary N) is 1. The van der Waals surface area contributed by atoms with Crippen LogP contribution in [0.2, 0.25) is 0 Å². The van der Waals surface area contributed by atoms with Gasteiger partial charge in [0, 0.05) is 24.7 Å². The molecule has 5 nitrogen and oxygen atoms in total. The molecule has 0 bridgehead atoms. The maximum absolute atomic E-state index is 12.0. The Bertz CT molecular complexity index is 546. The number of fused-ring (bicyclic) bond motifs is 1. The number of hydrogen-bond acceptors (Lipinski definition) is 4. The average Bonchev–Trinajstić information content (AvgIpc) is 2.87. The molecule has 6 heteroatoms. The summed E-state index contributed by atoms with van der Waals surface area (Å²) in [6.45, 7) is 0.744. The molecular formula is C9H8N4OS. The molecule has 3 rings (SSSR count). The molecule has 1 N–H and O–H groups in total. The van der Waals surface area contributed by atoms with Crippen LogP contribution in [0.1, 0.15) is 0 Å². The van der Waals surface area contributed by atoms with E-state index in [0.29, 0.717) is 5.56 Å². The summed E-state index contributed by atoms with van der Waals surface area (Å²) < 4.78 is 1.71. The van der Waals surface area contributed by atoms with Crippen molar-refractivity contribution in [2.75, 3.05) is 5.75 Å². The molecule has 3 heterocycles. The number of nitrogens with zero attached hydrogens (tertiary/aromatic N) is 3. The summed E-state index contributed by atoms with van der Waals surface area (Å²) in [6, 6.07) is 1.77. The highest BCUT2D eigenvalue weighted by molar-refractivity contribution is 7.99. The van der Waals surface area contributed by atoms with Gasteiger partial charge in [-0.25, -0.2) is 4.98 Å². The number of hydrogen-bond donors (Lipinski definition) is 1. The van der Waals surface area contributed by atoms with E-state index in [-0.39, 0.29) is 5.56 Å². The average molecular weight is 220 g/mol. The van der Waals surface area contributed by atoms with Crippen molar-refractivity contribution in [3.05, 3.63) is 28.8 Å². The predicted molar refractivity (Wildman–Crippen MR) is 56.8 cm³/mol. The second-order valence-electron chi connectivity index (χ2n) is 3.23. The van der Waals surface area contributed by atoms with Gasteiger partial charge in [-0.15, -0.1) is 0 Å². The zero-order valence-corrected chi connectivity index (χ0v) is 8.62. The Kier molecular flexibility index (Phi) is 1.88. The van der Waals surface area contributed by atoms with E-state index in [1.165, 1.54) is 0 Å². The highest BCUT2D eigenvalue weighted by Crippen LogP contribution is 2.22. The van der Waals surface area contributed by atoms with E-state index in [9.17, 15) is 4.79 Å². The topological polar surface area (TPSA) is 63.6 Å². The zero-order chi connectivity index (χ0) is 10.3. The summed E-state index contributed by atoms with van der Waals surface area (Å²) in [4.78, 5) is 16.3. The number of aromatic nitrogens is 4. The van der Waals surface area contributed by atoms with Crippen LogP contribution < -0.4 is 5.56 Å². The first-order chi connectivity index (χ1) is 7.36. The summed E-state index contributed by atoms with van der Waals surface area (Å²) in [7, 11) is 0. The third-order valence-electron chi connectivity index (χ3n) is 2.35. The fourth-order valence-corrected chi connectivity index (χ4v) is 2.52. The Morgan fingerprint density at radius 2 is 2.47 bits per heavy atom. The Morgan fingerprint density at radius 3 is 3.27 bits per heavy atom. The van der Waals surface area contributed by atoms with Crippen molar-refractivity contribution in [3.8, 4) is 11.3 Å². The van der Waals surface area contributed by atoms with Gasteiger partial charge in [0.2, 0.25) is 0 Å². The van der Waals surface area contributed by atoms with Gasteiger partial charge in [-0.05, 0) is 6.07 Å². The summed E-state index contributed by atoms with van der Waals surface area (Å²) >= 11 is 1.61. The van der Waals surface area contributed by atoms with Crippen molar-refractivity contribution < 1.29 is 0 Å². The first kappa shape index (κ1) is 8.72. The summed E-state index contributed by atoms with van der Waals surface area (Å²) in [6.07, 6.45) is 3.24. The minimum absolute atomic E-state index is 0.00856. The van der Waals surface area contributed by atoms with Crippen LogP contribution in [0.25, 0.3) is 11.3 Å². The number of aromatic amines is 1. The molecule has 0 aliphatic carbocycles. The zero-order valence-electron chi connectivity index (χ0n) is 7.80. The lowest BCUT2D eigenvalue weighted by atomic mass is 10.2. The van der Waals surface area contributed by atoms with Gasteiger partial charge in [-0.2, -0.15) is 5.10 Å². The van der Waals surface area contributed by atoms with Crippen LogP contribution in [0.4, 0.5) is 0 Å². The van der Waals surface area contributed by atoms with E-state index in [2.05, 4.69) is 15.2 Å². The maximum atomic E-state index is 12.0. The van der Waals surface area contributed by atoms with Gasteiger partial charge in [-0.1, -0.05) is 11.8 Å². The minimum Gasteiger partial charge on any atom is -0.286 e. The van der Waals surface area contributed by atoms with Crippen LogP contribution in [-0.2, 0) is 6.54 Å². The summed E-state index contributed by atoms with van der Waals surface area (Å²) in [5.41, 5.74) is 1.31. The van der Waals surface area contributed by atoms with Crippen LogP contribution in [0.5, 0.6) is 0 Å². The fourth-order valence-electron chi connectivity index (χ4n) is 1.61. The predicted octanol–water partition coefficient (Wildman–Crippen LogP) is 0.739. The SMILES string of the molecule is O=c1c(-c2ccn[nH]2)cnc2n1CCS2. The van der Waals surface area contributed by atoms with Crippen LogP contribution in [0, 0.1) is 0 Å². The van der Waals surface area contributed by atoms with Gasteiger partial charge in [-0.3, -0.25) is 14.5 Å². The molecular weight excluding hydrogens is 212 g/mol. The van der Waals surface area contributed by atoms with E-state index < -0.39 is 0 Å². The van der Waals surface area contributed by atoms with Gasteiger partial charge >= 0.3 is 0 Å². The van der Waals surface area contributed by atoms with E-state index in [0.717, 1.165) is 23.1 Å². The summed E-state index contributed by atoms with van der Waals surface area (Å²) in [5.74, 6) is 0.925. The van der Waals surface area contributed by atoms with Crippen molar-refractivity contribution in [1.82, 2.24) is 19.7 Å². The second kappa shape index (κ2) is 3.23. The molecule has 0 fully saturated rings. The Hall–Kier alpha value is -1.56. The first-order valence-electron chi connectivity index (χ1n) is 4.58. The Labute approximate surface area is 89.5 Å². The van der Waals surface area contributed by atoms with E-state index >= 15 is 0 Å². The number of H-pyrrole nitrogens is 1. The molecule has 0 unspecified atom stereocenters. The lowest BCUT2D eigenvalue weighted by Crippen LogP contribution is -2.21. The van der Waals surface area contributed by atoms with Gasteiger partial charge in [0.25, 0.3) is 5.56 Å². The van der Waals surface area contributed by atoms with Gasteiger partial charge in [0.15, 0.2) is 5.16 Å². The van der Waals surface area contributed by atoms with Crippen LogP contribution >= 0.6 is 11.8 Å². The molecule has 15 heavy (non-hydrogen) atoms. The van der Waals surface area contributed by atoms with Crippen molar-refractivity contribution in [3.63, 3.8) is 0 Å². The molecule has 2 aromatic rings. The Balaban J connectivity index is 2.23. The number of thioether (sulfide) groups is 1. The lowest BCUT2D eigenvalue weighted by molar-refractivity contribution is 0.657. The molecule has 0 saturated carbocycles. The van der Waals surface area contributed by atoms with Gasteiger partial charge in [0.1, 0.15) is 0 Å². The largest absolute Gasteiger partial charge is 0.286 e. The quantitative estimate of drug-likeness (QED) is 0.720. The smallest absolute Gasteiger partial charge is 0.263 e. The molecule has 0 spiro atoms. The van der Waals surface area contributed by atoms with Crippen molar-refractivity contribution in [2.24, 2.45) is 0 Å². The van der Waals surface area contributed by atoms with Crippen LogP contribution in [0.15, 0.2) is 28.4 Å². The Morgan fingerprint density at radius 1 is 1.53 bits per heavy atom.